The number of carbonyl (C=O) groups is 2. The van der Waals surface area contributed by atoms with E-state index in [0.717, 1.165) is 29.8 Å². The standard InChI is InChI=1S/C22H27N3O2/c1-16-6-5-7-17(14-16)22(27)25-20-12-10-18(11-13-20)23-15-21(26)24-19-8-3-2-4-9-19/h5-7,10-14,19,23H,2-4,8-9,15H2,1H3,(H,24,26)(H,25,27). The van der Waals surface area contributed by atoms with Crippen molar-refractivity contribution in [1.29, 1.82) is 0 Å². The Hall–Kier alpha value is -2.82. The molecule has 5 heteroatoms. The van der Waals surface area contributed by atoms with Gasteiger partial charge in [-0.3, -0.25) is 9.59 Å². The van der Waals surface area contributed by atoms with E-state index < -0.39 is 0 Å². The number of benzene rings is 2. The second-order valence-corrected chi connectivity index (χ2v) is 7.16. The van der Waals surface area contributed by atoms with Gasteiger partial charge in [-0.1, -0.05) is 37.0 Å². The minimum atomic E-state index is -0.133. The van der Waals surface area contributed by atoms with E-state index in [1.54, 1.807) is 6.07 Å². The second-order valence-electron chi connectivity index (χ2n) is 7.16. The molecule has 0 heterocycles. The maximum absolute atomic E-state index is 12.3. The highest BCUT2D eigenvalue weighted by Crippen LogP contribution is 2.18. The lowest BCUT2D eigenvalue weighted by atomic mass is 9.95. The summed E-state index contributed by atoms with van der Waals surface area (Å²) in [5, 5.41) is 9.11. The Labute approximate surface area is 160 Å². The zero-order chi connectivity index (χ0) is 19.1. The van der Waals surface area contributed by atoms with E-state index in [0.29, 0.717) is 11.6 Å². The van der Waals surface area contributed by atoms with Crippen LogP contribution in [0.15, 0.2) is 48.5 Å². The molecule has 1 saturated carbocycles. The summed E-state index contributed by atoms with van der Waals surface area (Å²) in [6.07, 6.45) is 5.85. The Bertz CT molecular complexity index is 780. The van der Waals surface area contributed by atoms with Gasteiger partial charge < -0.3 is 16.0 Å². The minimum absolute atomic E-state index is 0.0266. The summed E-state index contributed by atoms with van der Waals surface area (Å²) in [4.78, 5) is 24.3. The van der Waals surface area contributed by atoms with Gasteiger partial charge in [-0.25, -0.2) is 0 Å². The molecule has 0 radical (unpaired) electrons. The zero-order valence-corrected chi connectivity index (χ0v) is 15.8. The molecule has 5 nitrogen and oxygen atoms in total. The van der Waals surface area contributed by atoms with Gasteiger partial charge in [-0.05, 0) is 56.2 Å². The van der Waals surface area contributed by atoms with Crippen LogP contribution in [-0.2, 0) is 4.79 Å². The Morgan fingerprint density at radius 3 is 2.37 bits per heavy atom. The molecule has 0 unspecified atom stereocenters. The van der Waals surface area contributed by atoms with Gasteiger partial charge in [0.1, 0.15) is 0 Å². The van der Waals surface area contributed by atoms with Crippen molar-refractivity contribution in [2.75, 3.05) is 17.2 Å². The van der Waals surface area contributed by atoms with Crippen LogP contribution in [0, 0.1) is 6.92 Å². The fourth-order valence-corrected chi connectivity index (χ4v) is 3.37. The van der Waals surface area contributed by atoms with Crippen LogP contribution in [0.2, 0.25) is 0 Å². The predicted octanol–water partition coefficient (Wildman–Crippen LogP) is 4.11. The first kappa shape index (κ1) is 19.0. The van der Waals surface area contributed by atoms with E-state index in [1.165, 1.54) is 19.3 Å². The first-order valence-electron chi connectivity index (χ1n) is 9.61. The lowest BCUT2D eigenvalue weighted by Gasteiger charge is -2.22. The van der Waals surface area contributed by atoms with Crippen LogP contribution >= 0.6 is 0 Å². The molecular weight excluding hydrogens is 338 g/mol. The van der Waals surface area contributed by atoms with E-state index in [9.17, 15) is 9.59 Å². The molecule has 2 amide bonds. The van der Waals surface area contributed by atoms with Gasteiger partial charge in [0, 0.05) is 23.0 Å². The van der Waals surface area contributed by atoms with Crippen LogP contribution < -0.4 is 16.0 Å². The summed E-state index contributed by atoms with van der Waals surface area (Å²) >= 11 is 0. The summed E-state index contributed by atoms with van der Waals surface area (Å²) < 4.78 is 0. The molecular formula is C22H27N3O2. The molecule has 0 bridgehead atoms. The lowest BCUT2D eigenvalue weighted by molar-refractivity contribution is -0.120. The quantitative estimate of drug-likeness (QED) is 0.721. The Kier molecular flexibility index (Phi) is 6.47. The summed E-state index contributed by atoms with van der Waals surface area (Å²) in [5.41, 5.74) is 3.26. The van der Waals surface area contributed by atoms with Crippen LogP contribution in [0.4, 0.5) is 11.4 Å². The molecule has 0 aromatic heterocycles. The van der Waals surface area contributed by atoms with Crippen molar-refractivity contribution in [3.63, 3.8) is 0 Å². The predicted molar refractivity (Wildman–Crippen MR) is 109 cm³/mol. The van der Waals surface area contributed by atoms with E-state index in [1.807, 2.05) is 49.4 Å². The average molecular weight is 365 g/mol. The smallest absolute Gasteiger partial charge is 0.255 e. The highest BCUT2D eigenvalue weighted by molar-refractivity contribution is 6.04. The van der Waals surface area contributed by atoms with E-state index in [-0.39, 0.29) is 18.4 Å². The third-order valence-electron chi connectivity index (χ3n) is 4.85. The minimum Gasteiger partial charge on any atom is -0.376 e. The fourth-order valence-electron chi connectivity index (χ4n) is 3.37. The van der Waals surface area contributed by atoms with Crippen LogP contribution in [-0.4, -0.2) is 24.4 Å². The molecule has 0 aliphatic heterocycles. The first-order chi connectivity index (χ1) is 13.1. The third-order valence-corrected chi connectivity index (χ3v) is 4.85. The molecule has 142 valence electrons. The van der Waals surface area contributed by atoms with E-state index in [2.05, 4.69) is 16.0 Å². The lowest BCUT2D eigenvalue weighted by Crippen LogP contribution is -2.39. The van der Waals surface area contributed by atoms with Crippen molar-refractivity contribution in [3.8, 4) is 0 Å². The maximum atomic E-state index is 12.3. The molecule has 0 spiro atoms. The molecule has 1 aliphatic carbocycles. The van der Waals surface area contributed by atoms with Gasteiger partial charge in [-0.2, -0.15) is 0 Å². The molecule has 1 aliphatic rings. The van der Waals surface area contributed by atoms with Crippen molar-refractivity contribution < 1.29 is 9.59 Å². The van der Waals surface area contributed by atoms with Gasteiger partial charge in [0.05, 0.1) is 6.54 Å². The normalized spacial score (nSPS) is 14.4. The number of carbonyl (C=O) groups excluding carboxylic acids is 2. The maximum Gasteiger partial charge on any atom is 0.255 e. The Morgan fingerprint density at radius 1 is 0.963 bits per heavy atom. The Balaban J connectivity index is 1.47. The van der Waals surface area contributed by atoms with Crippen molar-refractivity contribution in [2.45, 2.75) is 45.1 Å². The Morgan fingerprint density at radius 2 is 1.67 bits per heavy atom. The van der Waals surface area contributed by atoms with Crippen molar-refractivity contribution in [1.82, 2.24) is 5.32 Å². The summed E-state index contributed by atoms with van der Waals surface area (Å²) in [5.74, 6) is -0.106. The average Bonchev–Trinajstić information content (AvgIpc) is 2.68. The number of hydrogen-bond acceptors (Lipinski definition) is 3. The zero-order valence-electron chi connectivity index (χ0n) is 15.8. The van der Waals surface area contributed by atoms with Crippen LogP contribution in [0.25, 0.3) is 0 Å². The summed E-state index contributed by atoms with van der Waals surface area (Å²) in [6.45, 7) is 2.22. The number of aryl methyl sites for hydroxylation is 1. The highest BCUT2D eigenvalue weighted by Gasteiger charge is 2.15. The molecule has 2 aromatic rings. The second kappa shape index (κ2) is 9.21. The fraction of sp³-hybridized carbons (Fsp3) is 0.364. The number of hydrogen-bond donors (Lipinski definition) is 3. The monoisotopic (exact) mass is 365 g/mol. The third kappa shape index (κ3) is 5.84. The highest BCUT2D eigenvalue weighted by atomic mass is 16.2. The summed E-state index contributed by atoms with van der Waals surface area (Å²) in [7, 11) is 0. The largest absolute Gasteiger partial charge is 0.376 e. The number of rotatable bonds is 6. The SMILES string of the molecule is Cc1cccc(C(=O)Nc2ccc(NCC(=O)NC3CCCCC3)cc2)c1. The van der Waals surface area contributed by atoms with Gasteiger partial charge >= 0.3 is 0 Å². The summed E-state index contributed by atoms with van der Waals surface area (Å²) in [6, 6.07) is 15.2. The van der Waals surface area contributed by atoms with Gasteiger partial charge in [0.15, 0.2) is 0 Å². The first-order valence-corrected chi connectivity index (χ1v) is 9.61. The topological polar surface area (TPSA) is 70.2 Å². The van der Waals surface area contributed by atoms with Crippen molar-refractivity contribution in [3.05, 3.63) is 59.7 Å². The molecule has 0 saturated heterocycles. The number of nitrogens with one attached hydrogen (secondary N) is 3. The molecule has 3 rings (SSSR count). The number of anilines is 2. The van der Waals surface area contributed by atoms with Gasteiger partial charge in [0.25, 0.3) is 5.91 Å². The van der Waals surface area contributed by atoms with Crippen molar-refractivity contribution >= 4 is 23.2 Å². The molecule has 3 N–H and O–H groups in total. The molecule has 0 atom stereocenters. The van der Waals surface area contributed by atoms with Crippen LogP contribution in [0.1, 0.15) is 48.0 Å². The van der Waals surface area contributed by atoms with Crippen LogP contribution in [0.5, 0.6) is 0 Å². The molecule has 1 fully saturated rings. The molecule has 2 aromatic carbocycles. The van der Waals surface area contributed by atoms with Crippen molar-refractivity contribution in [2.24, 2.45) is 0 Å². The van der Waals surface area contributed by atoms with Gasteiger partial charge in [-0.15, -0.1) is 0 Å². The van der Waals surface area contributed by atoms with Crippen LogP contribution in [0.3, 0.4) is 0 Å². The van der Waals surface area contributed by atoms with Gasteiger partial charge in [0.2, 0.25) is 5.91 Å². The molecule has 27 heavy (non-hydrogen) atoms. The van der Waals surface area contributed by atoms with E-state index in [4.69, 9.17) is 0 Å². The number of amides is 2. The van der Waals surface area contributed by atoms with E-state index >= 15 is 0 Å².